The third-order valence-electron chi connectivity index (χ3n) is 3.94. The molecule has 0 bridgehead atoms. The number of amides is 1. The van der Waals surface area contributed by atoms with E-state index in [4.69, 9.17) is 4.74 Å². The number of nitrogens with one attached hydrogen (secondary N) is 1. The molecule has 0 aromatic heterocycles. The Morgan fingerprint density at radius 3 is 2.57 bits per heavy atom. The van der Waals surface area contributed by atoms with Crippen LogP contribution in [0.2, 0.25) is 0 Å². The number of carbonyl (C=O) groups is 1. The van der Waals surface area contributed by atoms with Crippen LogP contribution in [0.5, 0.6) is 0 Å². The highest BCUT2D eigenvalue weighted by Crippen LogP contribution is 2.40. The van der Waals surface area contributed by atoms with E-state index in [9.17, 15) is 4.79 Å². The summed E-state index contributed by atoms with van der Waals surface area (Å²) in [5, 5.41) is 2.89. The lowest BCUT2D eigenvalue weighted by Gasteiger charge is -2.29. The first-order valence-electron chi connectivity index (χ1n) is 8.05. The fourth-order valence-electron chi connectivity index (χ4n) is 2.63. The standard InChI is InChI=1S/C19H26BrNO2/c1-18(2,3)23-17(22)21-16-7-6-14(20)12-15(16)13-8-10-19(4,5)11-9-13/h6-8,12H,9-11H2,1-5H3,(H,21,22). The van der Waals surface area contributed by atoms with Gasteiger partial charge in [0.25, 0.3) is 0 Å². The molecule has 0 fully saturated rings. The number of hydrogen-bond acceptors (Lipinski definition) is 2. The molecule has 1 aliphatic rings. The molecule has 1 aromatic rings. The third-order valence-corrected chi connectivity index (χ3v) is 4.43. The van der Waals surface area contributed by atoms with Crippen molar-refractivity contribution in [2.24, 2.45) is 5.41 Å². The number of allylic oxidation sites excluding steroid dienone is 2. The van der Waals surface area contributed by atoms with Gasteiger partial charge >= 0.3 is 6.09 Å². The second-order valence-corrected chi connectivity index (χ2v) is 8.83. The molecule has 0 saturated carbocycles. The zero-order chi connectivity index (χ0) is 17.3. The van der Waals surface area contributed by atoms with Crippen LogP contribution in [0.3, 0.4) is 0 Å². The first kappa shape index (κ1) is 18.1. The van der Waals surface area contributed by atoms with Gasteiger partial charge in [0.2, 0.25) is 0 Å². The third kappa shape index (κ3) is 5.38. The van der Waals surface area contributed by atoms with E-state index < -0.39 is 11.7 Å². The van der Waals surface area contributed by atoms with Crippen molar-refractivity contribution in [1.82, 2.24) is 0 Å². The molecule has 0 heterocycles. The molecule has 126 valence electrons. The van der Waals surface area contributed by atoms with Gasteiger partial charge in [-0.05, 0) is 69.2 Å². The van der Waals surface area contributed by atoms with Crippen LogP contribution in [-0.2, 0) is 4.74 Å². The second kappa shape index (κ2) is 6.68. The Labute approximate surface area is 147 Å². The summed E-state index contributed by atoms with van der Waals surface area (Å²) in [6.45, 7) is 10.2. The summed E-state index contributed by atoms with van der Waals surface area (Å²) in [6, 6.07) is 5.92. The van der Waals surface area contributed by atoms with Crippen LogP contribution in [0.15, 0.2) is 28.7 Å². The Morgan fingerprint density at radius 1 is 1.30 bits per heavy atom. The highest BCUT2D eigenvalue weighted by atomic mass is 79.9. The zero-order valence-electron chi connectivity index (χ0n) is 14.6. The molecule has 1 aliphatic carbocycles. The van der Waals surface area contributed by atoms with Crippen LogP contribution >= 0.6 is 15.9 Å². The Hall–Kier alpha value is -1.29. The van der Waals surface area contributed by atoms with Crippen LogP contribution < -0.4 is 5.32 Å². The van der Waals surface area contributed by atoms with Crippen molar-refractivity contribution in [3.8, 4) is 0 Å². The largest absolute Gasteiger partial charge is 0.444 e. The molecule has 0 saturated heterocycles. The Kier molecular flexibility index (Phi) is 5.24. The number of anilines is 1. The first-order chi connectivity index (χ1) is 10.6. The molecule has 0 radical (unpaired) electrons. The molecular formula is C19H26BrNO2. The average Bonchev–Trinajstić information content (AvgIpc) is 2.39. The number of rotatable bonds is 2. The first-order valence-corrected chi connectivity index (χ1v) is 8.84. The molecule has 1 N–H and O–H groups in total. The van der Waals surface area contributed by atoms with Gasteiger partial charge in [-0.2, -0.15) is 0 Å². The molecule has 3 nitrogen and oxygen atoms in total. The Bertz CT molecular complexity index is 627. The summed E-state index contributed by atoms with van der Waals surface area (Å²) in [5.41, 5.74) is 3.01. The predicted molar refractivity (Wildman–Crippen MR) is 99.6 cm³/mol. The average molecular weight is 380 g/mol. The zero-order valence-corrected chi connectivity index (χ0v) is 16.2. The quantitative estimate of drug-likeness (QED) is 0.646. The number of hydrogen-bond donors (Lipinski definition) is 1. The lowest BCUT2D eigenvalue weighted by atomic mass is 9.77. The normalized spacial score (nSPS) is 17.4. The van der Waals surface area contributed by atoms with Crippen LogP contribution in [0.1, 0.15) is 59.4 Å². The lowest BCUT2D eigenvalue weighted by molar-refractivity contribution is 0.0636. The molecular weight excluding hydrogens is 354 g/mol. The van der Waals surface area contributed by atoms with Gasteiger partial charge in [0, 0.05) is 10.0 Å². The number of benzene rings is 1. The molecule has 2 rings (SSSR count). The van der Waals surface area contributed by atoms with E-state index in [1.807, 2.05) is 32.9 Å². The number of halogens is 1. The number of ether oxygens (including phenoxy) is 1. The van der Waals surface area contributed by atoms with Crippen molar-refractivity contribution in [2.45, 2.75) is 59.5 Å². The Balaban J connectivity index is 2.25. The van der Waals surface area contributed by atoms with Gasteiger partial charge in [-0.15, -0.1) is 0 Å². The maximum absolute atomic E-state index is 12.1. The van der Waals surface area contributed by atoms with E-state index in [0.29, 0.717) is 5.41 Å². The van der Waals surface area contributed by atoms with Crippen molar-refractivity contribution < 1.29 is 9.53 Å². The van der Waals surface area contributed by atoms with Crippen molar-refractivity contribution >= 4 is 33.3 Å². The molecule has 1 amide bonds. The second-order valence-electron chi connectivity index (χ2n) is 7.91. The van der Waals surface area contributed by atoms with E-state index in [2.05, 4.69) is 47.2 Å². The summed E-state index contributed by atoms with van der Waals surface area (Å²) in [4.78, 5) is 12.1. The van der Waals surface area contributed by atoms with Crippen LogP contribution in [0.4, 0.5) is 10.5 Å². The van der Waals surface area contributed by atoms with Gasteiger partial charge in [-0.25, -0.2) is 4.79 Å². The van der Waals surface area contributed by atoms with Crippen molar-refractivity contribution in [3.63, 3.8) is 0 Å². The topological polar surface area (TPSA) is 38.3 Å². The van der Waals surface area contributed by atoms with E-state index >= 15 is 0 Å². The molecule has 1 aromatic carbocycles. The monoisotopic (exact) mass is 379 g/mol. The van der Waals surface area contributed by atoms with Gasteiger partial charge in [0.15, 0.2) is 0 Å². The highest BCUT2D eigenvalue weighted by molar-refractivity contribution is 9.10. The van der Waals surface area contributed by atoms with Gasteiger partial charge in [-0.1, -0.05) is 35.9 Å². The van der Waals surface area contributed by atoms with Gasteiger partial charge < -0.3 is 4.74 Å². The maximum Gasteiger partial charge on any atom is 0.412 e. The fraction of sp³-hybridized carbons (Fsp3) is 0.526. The van der Waals surface area contributed by atoms with E-state index in [0.717, 1.165) is 35.0 Å². The lowest BCUT2D eigenvalue weighted by Crippen LogP contribution is -2.27. The van der Waals surface area contributed by atoms with Gasteiger partial charge in [0.1, 0.15) is 5.60 Å². The minimum atomic E-state index is -0.506. The van der Waals surface area contributed by atoms with E-state index in [1.54, 1.807) is 0 Å². The summed E-state index contributed by atoms with van der Waals surface area (Å²) in [5.74, 6) is 0. The molecule has 4 heteroatoms. The van der Waals surface area contributed by atoms with E-state index in [-0.39, 0.29) is 0 Å². The minimum Gasteiger partial charge on any atom is -0.444 e. The van der Waals surface area contributed by atoms with Gasteiger partial charge in [-0.3, -0.25) is 5.32 Å². The molecule has 0 spiro atoms. The molecule has 0 unspecified atom stereocenters. The van der Waals surface area contributed by atoms with Gasteiger partial charge in [0.05, 0.1) is 5.69 Å². The number of carbonyl (C=O) groups excluding carboxylic acids is 1. The highest BCUT2D eigenvalue weighted by Gasteiger charge is 2.24. The van der Waals surface area contributed by atoms with Crippen LogP contribution in [-0.4, -0.2) is 11.7 Å². The maximum atomic E-state index is 12.1. The summed E-state index contributed by atoms with van der Waals surface area (Å²) >= 11 is 3.53. The van der Waals surface area contributed by atoms with Crippen molar-refractivity contribution in [2.75, 3.05) is 5.32 Å². The van der Waals surface area contributed by atoms with Crippen LogP contribution in [0, 0.1) is 5.41 Å². The molecule has 0 aliphatic heterocycles. The van der Waals surface area contributed by atoms with Crippen molar-refractivity contribution in [1.29, 1.82) is 0 Å². The fourth-order valence-corrected chi connectivity index (χ4v) is 2.99. The summed E-state index contributed by atoms with van der Waals surface area (Å²) in [7, 11) is 0. The molecule has 23 heavy (non-hydrogen) atoms. The predicted octanol–water partition coefficient (Wildman–Crippen LogP) is 6.39. The molecule has 0 atom stereocenters. The summed E-state index contributed by atoms with van der Waals surface area (Å²) < 4.78 is 6.37. The van der Waals surface area contributed by atoms with Crippen LogP contribution in [0.25, 0.3) is 5.57 Å². The summed E-state index contributed by atoms with van der Waals surface area (Å²) in [6.07, 6.45) is 5.11. The smallest absolute Gasteiger partial charge is 0.412 e. The Morgan fingerprint density at radius 2 is 2.00 bits per heavy atom. The SMILES string of the molecule is CC1(C)CC=C(c2cc(Br)ccc2NC(=O)OC(C)(C)C)CC1. The van der Waals surface area contributed by atoms with Crippen molar-refractivity contribution in [3.05, 3.63) is 34.3 Å². The van der Waals surface area contributed by atoms with E-state index in [1.165, 1.54) is 5.57 Å². The minimum absolute atomic E-state index is 0.355.